The van der Waals surface area contributed by atoms with Gasteiger partial charge in [-0.25, -0.2) is 4.39 Å². The first kappa shape index (κ1) is 15.4. The molecule has 2 atom stereocenters. The van der Waals surface area contributed by atoms with Crippen LogP contribution in [0, 0.1) is 5.82 Å². The van der Waals surface area contributed by atoms with Gasteiger partial charge in [0.05, 0.1) is 0 Å². The minimum absolute atomic E-state index is 0.0714. The van der Waals surface area contributed by atoms with E-state index in [1.54, 1.807) is 12.1 Å². The second-order valence-electron chi connectivity index (χ2n) is 5.80. The Morgan fingerprint density at radius 2 is 2.15 bits per heavy atom. The van der Waals surface area contributed by atoms with Crippen LogP contribution in [0.25, 0.3) is 0 Å². The minimum atomic E-state index is -0.109. The lowest BCUT2D eigenvalue weighted by molar-refractivity contribution is 0.250. The third-order valence-corrected chi connectivity index (χ3v) is 4.15. The average Bonchev–Trinajstić information content (AvgIpc) is 2.88. The van der Waals surface area contributed by atoms with Gasteiger partial charge in [-0.3, -0.25) is 4.90 Å². The summed E-state index contributed by atoms with van der Waals surface area (Å²) >= 11 is 0. The van der Waals surface area contributed by atoms with E-state index in [1.807, 2.05) is 12.1 Å². The first-order chi connectivity index (χ1) is 9.61. The number of nitrogens with zero attached hydrogens (tertiary/aromatic N) is 2. The molecule has 20 heavy (non-hydrogen) atoms. The van der Waals surface area contributed by atoms with Crippen LogP contribution in [0.2, 0.25) is 0 Å². The lowest BCUT2D eigenvalue weighted by Gasteiger charge is -2.26. The molecule has 2 rings (SSSR count). The standard InChI is InChI=1S/C16H26FN3/c1-4-18-16(14-7-5-6-8-15(14)17)12-20-10-9-13(11-20)19(2)3/h5-8,13,16,18H,4,9-12H2,1-3H3. The molecule has 1 aliphatic rings. The van der Waals surface area contributed by atoms with Crippen molar-refractivity contribution in [1.82, 2.24) is 15.1 Å². The van der Waals surface area contributed by atoms with Crippen molar-refractivity contribution in [3.63, 3.8) is 0 Å². The lowest BCUT2D eigenvalue weighted by Crippen LogP contribution is -2.37. The Kier molecular flexibility index (Phi) is 5.52. The van der Waals surface area contributed by atoms with Gasteiger partial charge in [0.15, 0.2) is 0 Å². The third kappa shape index (κ3) is 3.78. The van der Waals surface area contributed by atoms with Gasteiger partial charge < -0.3 is 10.2 Å². The molecule has 1 fully saturated rings. The fourth-order valence-corrected chi connectivity index (χ4v) is 2.93. The molecule has 1 heterocycles. The molecular weight excluding hydrogens is 253 g/mol. The molecule has 4 heteroatoms. The van der Waals surface area contributed by atoms with Crippen LogP contribution in [0.1, 0.15) is 24.9 Å². The molecule has 3 nitrogen and oxygen atoms in total. The van der Waals surface area contributed by atoms with Crippen LogP contribution in [0.15, 0.2) is 24.3 Å². The summed E-state index contributed by atoms with van der Waals surface area (Å²) < 4.78 is 14.0. The van der Waals surface area contributed by atoms with Gasteiger partial charge in [-0.05, 0) is 39.7 Å². The highest BCUT2D eigenvalue weighted by molar-refractivity contribution is 5.21. The number of benzene rings is 1. The Balaban J connectivity index is 2.02. The Bertz CT molecular complexity index is 422. The molecule has 0 saturated carbocycles. The molecule has 0 spiro atoms. The van der Waals surface area contributed by atoms with Crippen molar-refractivity contribution >= 4 is 0 Å². The van der Waals surface area contributed by atoms with Gasteiger partial charge in [0.2, 0.25) is 0 Å². The number of likely N-dealkylation sites (tertiary alicyclic amines) is 1. The second kappa shape index (κ2) is 7.16. The Hall–Kier alpha value is -0.970. The quantitative estimate of drug-likeness (QED) is 0.860. The third-order valence-electron chi connectivity index (χ3n) is 4.15. The summed E-state index contributed by atoms with van der Waals surface area (Å²) in [5.74, 6) is -0.109. The van der Waals surface area contributed by atoms with E-state index in [0.717, 1.165) is 31.7 Å². The van der Waals surface area contributed by atoms with E-state index in [-0.39, 0.29) is 11.9 Å². The molecule has 0 aromatic heterocycles. The molecule has 1 aromatic rings. The van der Waals surface area contributed by atoms with Crippen LogP contribution in [-0.4, -0.2) is 56.1 Å². The van der Waals surface area contributed by atoms with Crippen molar-refractivity contribution in [3.8, 4) is 0 Å². The zero-order valence-corrected chi connectivity index (χ0v) is 12.8. The summed E-state index contributed by atoms with van der Waals surface area (Å²) in [6, 6.07) is 7.80. The SMILES string of the molecule is CCNC(CN1CCC(N(C)C)C1)c1ccccc1F. The molecule has 1 N–H and O–H groups in total. The molecule has 1 saturated heterocycles. The van der Waals surface area contributed by atoms with Crippen molar-refractivity contribution < 1.29 is 4.39 Å². The van der Waals surface area contributed by atoms with Gasteiger partial charge in [0.1, 0.15) is 5.82 Å². The molecule has 0 bridgehead atoms. The number of halogens is 1. The molecule has 1 aliphatic heterocycles. The molecular formula is C16H26FN3. The highest BCUT2D eigenvalue weighted by atomic mass is 19.1. The Morgan fingerprint density at radius 1 is 1.40 bits per heavy atom. The summed E-state index contributed by atoms with van der Waals surface area (Å²) in [7, 11) is 4.26. The van der Waals surface area contributed by atoms with Gasteiger partial charge in [0.25, 0.3) is 0 Å². The summed E-state index contributed by atoms with van der Waals surface area (Å²) in [4.78, 5) is 4.72. The number of rotatable bonds is 6. The summed E-state index contributed by atoms with van der Waals surface area (Å²) in [6.45, 7) is 5.96. The molecule has 112 valence electrons. The van der Waals surface area contributed by atoms with E-state index < -0.39 is 0 Å². The second-order valence-corrected chi connectivity index (χ2v) is 5.80. The predicted octanol–water partition coefficient (Wildman–Crippen LogP) is 2.11. The van der Waals surface area contributed by atoms with E-state index in [4.69, 9.17) is 0 Å². The lowest BCUT2D eigenvalue weighted by atomic mass is 10.1. The van der Waals surface area contributed by atoms with Crippen LogP contribution in [0.3, 0.4) is 0 Å². The fourth-order valence-electron chi connectivity index (χ4n) is 2.93. The van der Waals surface area contributed by atoms with E-state index in [0.29, 0.717) is 6.04 Å². The molecule has 0 radical (unpaired) electrons. The first-order valence-electron chi connectivity index (χ1n) is 7.48. The fraction of sp³-hybridized carbons (Fsp3) is 0.625. The largest absolute Gasteiger partial charge is 0.309 e. The predicted molar refractivity (Wildman–Crippen MR) is 81.3 cm³/mol. The van der Waals surface area contributed by atoms with Crippen LogP contribution in [-0.2, 0) is 0 Å². The summed E-state index contributed by atoms with van der Waals surface area (Å²) in [5, 5.41) is 3.42. The number of likely N-dealkylation sites (N-methyl/N-ethyl adjacent to an activating group) is 2. The van der Waals surface area contributed by atoms with Gasteiger partial charge in [-0.2, -0.15) is 0 Å². The van der Waals surface area contributed by atoms with E-state index >= 15 is 0 Å². The molecule has 0 amide bonds. The maximum atomic E-state index is 14.0. The maximum absolute atomic E-state index is 14.0. The van der Waals surface area contributed by atoms with Crippen molar-refractivity contribution in [2.45, 2.75) is 25.4 Å². The average molecular weight is 279 g/mol. The Morgan fingerprint density at radius 3 is 2.75 bits per heavy atom. The molecule has 2 unspecified atom stereocenters. The normalized spacial score (nSPS) is 21.6. The van der Waals surface area contributed by atoms with Crippen molar-refractivity contribution in [1.29, 1.82) is 0 Å². The minimum Gasteiger partial charge on any atom is -0.309 e. The van der Waals surface area contributed by atoms with E-state index in [1.165, 1.54) is 6.42 Å². The number of hydrogen-bond donors (Lipinski definition) is 1. The van der Waals surface area contributed by atoms with E-state index in [2.05, 4.69) is 36.1 Å². The monoisotopic (exact) mass is 279 g/mol. The van der Waals surface area contributed by atoms with Gasteiger partial charge in [0, 0.05) is 30.7 Å². The maximum Gasteiger partial charge on any atom is 0.128 e. The van der Waals surface area contributed by atoms with Crippen molar-refractivity contribution in [2.75, 3.05) is 40.3 Å². The number of nitrogens with one attached hydrogen (secondary N) is 1. The molecule has 0 aliphatic carbocycles. The molecule has 1 aromatic carbocycles. The van der Waals surface area contributed by atoms with Crippen molar-refractivity contribution in [3.05, 3.63) is 35.6 Å². The zero-order valence-electron chi connectivity index (χ0n) is 12.8. The Labute approximate surface area is 121 Å². The van der Waals surface area contributed by atoms with Crippen LogP contribution >= 0.6 is 0 Å². The smallest absolute Gasteiger partial charge is 0.128 e. The van der Waals surface area contributed by atoms with E-state index in [9.17, 15) is 4.39 Å². The topological polar surface area (TPSA) is 18.5 Å². The summed E-state index contributed by atoms with van der Waals surface area (Å²) in [6.07, 6.45) is 1.20. The highest BCUT2D eigenvalue weighted by Crippen LogP contribution is 2.21. The summed E-state index contributed by atoms with van der Waals surface area (Å²) in [5.41, 5.74) is 0.780. The van der Waals surface area contributed by atoms with Gasteiger partial charge >= 0.3 is 0 Å². The van der Waals surface area contributed by atoms with Crippen LogP contribution in [0.5, 0.6) is 0 Å². The van der Waals surface area contributed by atoms with Gasteiger partial charge in [-0.15, -0.1) is 0 Å². The highest BCUT2D eigenvalue weighted by Gasteiger charge is 2.26. The zero-order chi connectivity index (χ0) is 14.5. The number of hydrogen-bond acceptors (Lipinski definition) is 3. The van der Waals surface area contributed by atoms with Crippen LogP contribution < -0.4 is 5.32 Å². The van der Waals surface area contributed by atoms with Crippen LogP contribution in [0.4, 0.5) is 4.39 Å². The first-order valence-corrected chi connectivity index (χ1v) is 7.48. The van der Waals surface area contributed by atoms with Gasteiger partial charge in [-0.1, -0.05) is 25.1 Å². The van der Waals surface area contributed by atoms with Crippen molar-refractivity contribution in [2.24, 2.45) is 0 Å².